The lowest BCUT2D eigenvalue weighted by Gasteiger charge is -2.11. The highest BCUT2D eigenvalue weighted by molar-refractivity contribution is 14.0. The van der Waals surface area contributed by atoms with Crippen LogP contribution in [-0.4, -0.2) is 18.5 Å². The lowest BCUT2D eigenvalue weighted by Crippen LogP contribution is -2.39. The molecule has 1 aliphatic carbocycles. The topological polar surface area (TPSA) is 36.4 Å². The SMILES string of the molecule is I.c1ccc(CNC2=NCC(C3CC3)N2)cc1. The van der Waals surface area contributed by atoms with Crippen LogP contribution >= 0.6 is 24.0 Å². The molecule has 1 heterocycles. The van der Waals surface area contributed by atoms with Crippen LogP contribution in [0, 0.1) is 5.92 Å². The Hall–Kier alpha value is -0.780. The van der Waals surface area contributed by atoms with Crippen molar-refractivity contribution in [2.24, 2.45) is 10.9 Å². The molecule has 92 valence electrons. The van der Waals surface area contributed by atoms with Gasteiger partial charge in [0.05, 0.1) is 12.6 Å². The van der Waals surface area contributed by atoms with Crippen LogP contribution in [0.1, 0.15) is 18.4 Å². The summed E-state index contributed by atoms with van der Waals surface area (Å²) in [7, 11) is 0. The molecule has 0 spiro atoms. The van der Waals surface area contributed by atoms with Gasteiger partial charge in [0.25, 0.3) is 0 Å². The van der Waals surface area contributed by atoms with Gasteiger partial charge in [-0.3, -0.25) is 4.99 Å². The Balaban J connectivity index is 0.00000108. The van der Waals surface area contributed by atoms with Crippen LogP contribution in [0.25, 0.3) is 0 Å². The molecular formula is C13H18IN3. The largest absolute Gasteiger partial charge is 0.352 e. The minimum absolute atomic E-state index is 0. The highest BCUT2D eigenvalue weighted by atomic mass is 127. The van der Waals surface area contributed by atoms with E-state index in [-0.39, 0.29) is 24.0 Å². The van der Waals surface area contributed by atoms with E-state index in [1.54, 1.807) is 0 Å². The molecule has 0 radical (unpaired) electrons. The van der Waals surface area contributed by atoms with Crippen molar-refractivity contribution >= 4 is 29.9 Å². The van der Waals surface area contributed by atoms with Crippen molar-refractivity contribution in [2.45, 2.75) is 25.4 Å². The first kappa shape index (κ1) is 12.7. The van der Waals surface area contributed by atoms with Gasteiger partial charge in [0.1, 0.15) is 0 Å². The van der Waals surface area contributed by atoms with Crippen LogP contribution < -0.4 is 10.6 Å². The maximum atomic E-state index is 4.49. The summed E-state index contributed by atoms with van der Waals surface area (Å²) in [5, 5.41) is 6.81. The predicted molar refractivity (Wildman–Crippen MR) is 80.6 cm³/mol. The van der Waals surface area contributed by atoms with E-state index in [9.17, 15) is 0 Å². The van der Waals surface area contributed by atoms with Gasteiger partial charge in [-0.2, -0.15) is 0 Å². The van der Waals surface area contributed by atoms with Gasteiger partial charge in [0, 0.05) is 6.54 Å². The summed E-state index contributed by atoms with van der Waals surface area (Å²) in [6.07, 6.45) is 2.75. The first-order chi connectivity index (χ1) is 7.92. The molecule has 1 saturated carbocycles. The predicted octanol–water partition coefficient (Wildman–Crippen LogP) is 2.13. The second-order valence-corrected chi connectivity index (χ2v) is 4.62. The molecule has 1 aromatic carbocycles. The third kappa shape index (κ3) is 3.34. The van der Waals surface area contributed by atoms with Crippen LogP contribution in [0.4, 0.5) is 0 Å². The lowest BCUT2D eigenvalue weighted by atomic mass is 10.2. The summed E-state index contributed by atoms with van der Waals surface area (Å²) in [4.78, 5) is 4.49. The summed E-state index contributed by atoms with van der Waals surface area (Å²) in [5.41, 5.74) is 1.29. The van der Waals surface area contributed by atoms with Crippen LogP contribution in [0.15, 0.2) is 35.3 Å². The van der Waals surface area contributed by atoms with Gasteiger partial charge >= 0.3 is 0 Å². The van der Waals surface area contributed by atoms with Gasteiger partial charge in [-0.05, 0) is 24.3 Å². The highest BCUT2D eigenvalue weighted by Crippen LogP contribution is 2.33. The summed E-state index contributed by atoms with van der Waals surface area (Å²) >= 11 is 0. The van der Waals surface area contributed by atoms with E-state index >= 15 is 0 Å². The molecule has 3 rings (SSSR count). The number of nitrogens with zero attached hydrogens (tertiary/aromatic N) is 1. The molecule has 0 saturated heterocycles. The van der Waals surface area contributed by atoms with Crippen LogP contribution in [0.5, 0.6) is 0 Å². The molecule has 0 amide bonds. The fraction of sp³-hybridized carbons (Fsp3) is 0.462. The van der Waals surface area contributed by atoms with Crippen molar-refractivity contribution in [3.05, 3.63) is 35.9 Å². The average molecular weight is 343 g/mol. The number of rotatable bonds is 3. The molecule has 0 aromatic heterocycles. The Morgan fingerprint density at radius 3 is 2.71 bits per heavy atom. The number of hydrogen-bond donors (Lipinski definition) is 2. The van der Waals surface area contributed by atoms with E-state index in [0.29, 0.717) is 6.04 Å². The summed E-state index contributed by atoms with van der Waals surface area (Å²) < 4.78 is 0. The minimum Gasteiger partial charge on any atom is -0.352 e. The molecule has 17 heavy (non-hydrogen) atoms. The van der Waals surface area contributed by atoms with Gasteiger partial charge in [-0.25, -0.2) is 0 Å². The Labute approximate surface area is 119 Å². The van der Waals surface area contributed by atoms with Crippen LogP contribution in [0.3, 0.4) is 0 Å². The van der Waals surface area contributed by atoms with E-state index in [2.05, 4.69) is 39.9 Å². The quantitative estimate of drug-likeness (QED) is 0.825. The van der Waals surface area contributed by atoms with Gasteiger partial charge in [0.15, 0.2) is 5.96 Å². The Morgan fingerprint density at radius 2 is 2.00 bits per heavy atom. The van der Waals surface area contributed by atoms with Crippen LogP contribution in [0.2, 0.25) is 0 Å². The molecule has 1 unspecified atom stereocenters. The molecule has 4 heteroatoms. The third-order valence-corrected chi connectivity index (χ3v) is 3.26. The number of halogens is 1. The summed E-state index contributed by atoms with van der Waals surface area (Å²) in [6.45, 7) is 1.80. The molecule has 1 atom stereocenters. The molecule has 3 nitrogen and oxygen atoms in total. The van der Waals surface area contributed by atoms with Gasteiger partial charge in [-0.15, -0.1) is 24.0 Å². The standard InChI is InChI=1S/C13H17N3.HI/c1-2-4-10(5-3-1)8-14-13-15-9-12(16-13)11-6-7-11;/h1-5,11-12H,6-9H2,(H2,14,15,16);1H. The number of benzene rings is 1. The Bertz CT molecular complexity index is 387. The number of hydrogen-bond acceptors (Lipinski definition) is 3. The average Bonchev–Trinajstić information content (AvgIpc) is 3.08. The normalized spacial score (nSPS) is 22.4. The molecule has 1 aromatic rings. The van der Waals surface area contributed by atoms with Crippen molar-refractivity contribution < 1.29 is 0 Å². The zero-order chi connectivity index (χ0) is 10.8. The van der Waals surface area contributed by atoms with E-state index in [4.69, 9.17) is 0 Å². The molecule has 2 aliphatic rings. The molecule has 0 bridgehead atoms. The van der Waals surface area contributed by atoms with E-state index in [1.165, 1.54) is 18.4 Å². The Kier molecular flexibility index (Phi) is 4.25. The van der Waals surface area contributed by atoms with Crippen molar-refractivity contribution in [1.29, 1.82) is 0 Å². The zero-order valence-electron chi connectivity index (χ0n) is 9.73. The minimum atomic E-state index is 0. The van der Waals surface area contributed by atoms with Crippen LogP contribution in [-0.2, 0) is 6.54 Å². The van der Waals surface area contributed by atoms with E-state index in [0.717, 1.165) is 25.0 Å². The Morgan fingerprint density at radius 1 is 1.24 bits per heavy atom. The number of nitrogens with one attached hydrogen (secondary N) is 2. The van der Waals surface area contributed by atoms with Crippen molar-refractivity contribution in [3.8, 4) is 0 Å². The van der Waals surface area contributed by atoms with E-state index in [1.807, 2.05) is 6.07 Å². The summed E-state index contributed by atoms with van der Waals surface area (Å²) in [5.74, 6) is 1.85. The second-order valence-electron chi connectivity index (χ2n) is 4.62. The fourth-order valence-corrected chi connectivity index (χ4v) is 2.11. The van der Waals surface area contributed by atoms with Crippen molar-refractivity contribution in [1.82, 2.24) is 10.6 Å². The molecule has 2 N–H and O–H groups in total. The maximum Gasteiger partial charge on any atom is 0.191 e. The van der Waals surface area contributed by atoms with E-state index < -0.39 is 0 Å². The number of aliphatic imine (C=N–C) groups is 1. The first-order valence-electron chi connectivity index (χ1n) is 6.00. The van der Waals surface area contributed by atoms with Gasteiger partial charge < -0.3 is 10.6 Å². The molecule has 1 fully saturated rings. The zero-order valence-corrected chi connectivity index (χ0v) is 12.1. The lowest BCUT2D eigenvalue weighted by molar-refractivity contribution is 0.577. The van der Waals surface area contributed by atoms with Crippen molar-refractivity contribution in [3.63, 3.8) is 0 Å². The second kappa shape index (κ2) is 5.71. The maximum absolute atomic E-state index is 4.49. The van der Waals surface area contributed by atoms with Gasteiger partial charge in [0.2, 0.25) is 0 Å². The molecular weight excluding hydrogens is 325 g/mol. The van der Waals surface area contributed by atoms with Crippen molar-refractivity contribution in [2.75, 3.05) is 6.54 Å². The first-order valence-corrected chi connectivity index (χ1v) is 6.00. The van der Waals surface area contributed by atoms with Gasteiger partial charge in [-0.1, -0.05) is 30.3 Å². The smallest absolute Gasteiger partial charge is 0.191 e. The summed E-state index contributed by atoms with van der Waals surface area (Å²) in [6, 6.07) is 11.0. The third-order valence-electron chi connectivity index (χ3n) is 3.26. The number of guanidine groups is 1. The fourth-order valence-electron chi connectivity index (χ4n) is 2.11. The monoisotopic (exact) mass is 343 g/mol. The highest BCUT2D eigenvalue weighted by Gasteiger charge is 2.33. The molecule has 1 aliphatic heterocycles.